The van der Waals surface area contributed by atoms with Crippen molar-refractivity contribution in [3.05, 3.63) is 12.0 Å². The van der Waals surface area contributed by atoms with Crippen LogP contribution in [-0.4, -0.2) is 28.6 Å². The third kappa shape index (κ3) is 2.12. The smallest absolute Gasteiger partial charge is 0.110 e. The molecule has 0 spiro atoms. The van der Waals surface area contributed by atoms with Gasteiger partial charge in [0.2, 0.25) is 0 Å². The lowest BCUT2D eigenvalue weighted by Crippen LogP contribution is -2.41. The van der Waals surface area contributed by atoms with Crippen LogP contribution < -0.4 is 5.73 Å². The van der Waals surface area contributed by atoms with Crippen molar-refractivity contribution in [3.8, 4) is 0 Å². The topological polar surface area (TPSA) is 49.5 Å². The van der Waals surface area contributed by atoms with E-state index in [0.29, 0.717) is 18.2 Å². The molecule has 0 aliphatic carbocycles. The molecule has 0 amide bonds. The molecule has 0 radical (unpaired) electrons. The summed E-state index contributed by atoms with van der Waals surface area (Å²) in [5.74, 6) is 0.400. The summed E-state index contributed by atoms with van der Waals surface area (Å²) in [5, 5.41) is 9.24. The second-order valence-corrected chi connectivity index (χ2v) is 3.38. The maximum atomic E-state index is 9.24. The lowest BCUT2D eigenvalue weighted by molar-refractivity contribution is 0.231. The first kappa shape index (κ1) is 8.40. The van der Waals surface area contributed by atoms with Crippen LogP contribution in [0, 0.1) is 0 Å². The van der Waals surface area contributed by atoms with Gasteiger partial charge in [0.25, 0.3) is 0 Å². The van der Waals surface area contributed by atoms with Gasteiger partial charge in [0.1, 0.15) is 5.76 Å². The number of aliphatic hydroxyl groups excluding tert-OH is 1. The van der Waals surface area contributed by atoms with E-state index in [9.17, 15) is 5.11 Å². The Balaban J connectivity index is 2.61. The molecule has 0 unspecified atom stereocenters. The molecule has 1 aliphatic rings. The highest BCUT2D eigenvalue weighted by molar-refractivity contribution is 5.00. The predicted octanol–water partition coefficient (Wildman–Crippen LogP) is 0.827. The fourth-order valence-corrected chi connectivity index (χ4v) is 1.26. The second kappa shape index (κ2) is 3.13. The van der Waals surface area contributed by atoms with Crippen molar-refractivity contribution in [2.75, 3.05) is 6.54 Å². The van der Waals surface area contributed by atoms with Crippen molar-refractivity contribution >= 4 is 0 Å². The molecule has 0 fully saturated rings. The van der Waals surface area contributed by atoms with Crippen molar-refractivity contribution < 1.29 is 5.11 Å². The van der Waals surface area contributed by atoms with Gasteiger partial charge in [0.05, 0.1) is 0 Å². The first-order valence-electron chi connectivity index (χ1n) is 4.00. The molecular weight excluding hydrogens is 140 g/mol. The second-order valence-electron chi connectivity index (χ2n) is 3.38. The van der Waals surface area contributed by atoms with Gasteiger partial charge in [-0.15, -0.1) is 0 Å². The Labute approximate surface area is 67.5 Å². The number of hydrogen-bond donors (Lipinski definition) is 2. The van der Waals surface area contributed by atoms with Crippen LogP contribution in [0.15, 0.2) is 12.0 Å². The molecule has 0 aromatic heterocycles. The van der Waals surface area contributed by atoms with Gasteiger partial charge in [-0.25, -0.2) is 0 Å². The highest BCUT2D eigenvalue weighted by Crippen LogP contribution is 2.13. The summed E-state index contributed by atoms with van der Waals surface area (Å²) >= 11 is 0. The van der Waals surface area contributed by atoms with Crippen molar-refractivity contribution in [1.29, 1.82) is 0 Å². The van der Waals surface area contributed by atoms with Crippen molar-refractivity contribution in [2.24, 2.45) is 5.73 Å². The SMILES string of the molecule is CC(C)N1C=C(O)C[C@@H](N)C1. The monoisotopic (exact) mass is 156 g/mol. The van der Waals surface area contributed by atoms with E-state index in [0.717, 1.165) is 6.54 Å². The molecule has 1 heterocycles. The number of aliphatic hydroxyl groups is 1. The third-order valence-electron chi connectivity index (χ3n) is 1.89. The van der Waals surface area contributed by atoms with Gasteiger partial charge in [-0.1, -0.05) is 0 Å². The first-order chi connectivity index (χ1) is 5.09. The maximum absolute atomic E-state index is 9.24. The molecule has 1 rings (SSSR count). The van der Waals surface area contributed by atoms with Crippen LogP contribution in [0.2, 0.25) is 0 Å². The Morgan fingerprint density at radius 1 is 1.73 bits per heavy atom. The molecule has 0 saturated carbocycles. The Kier molecular flexibility index (Phi) is 2.39. The normalized spacial score (nSPS) is 25.6. The van der Waals surface area contributed by atoms with Gasteiger partial charge >= 0.3 is 0 Å². The lowest BCUT2D eigenvalue weighted by atomic mass is 10.1. The summed E-state index contributed by atoms with van der Waals surface area (Å²) in [7, 11) is 0. The standard InChI is InChI=1S/C8H16N2O/c1-6(2)10-4-7(9)3-8(11)5-10/h5-7,11H,3-4,9H2,1-2H3/t7-/m1/s1. The zero-order chi connectivity index (χ0) is 8.43. The largest absolute Gasteiger partial charge is 0.511 e. The lowest BCUT2D eigenvalue weighted by Gasteiger charge is -2.31. The van der Waals surface area contributed by atoms with E-state index < -0.39 is 0 Å². The summed E-state index contributed by atoms with van der Waals surface area (Å²) in [6.45, 7) is 5.02. The average molecular weight is 156 g/mol. The molecule has 1 aliphatic heterocycles. The van der Waals surface area contributed by atoms with E-state index in [-0.39, 0.29) is 6.04 Å². The van der Waals surface area contributed by atoms with Gasteiger partial charge in [-0.3, -0.25) is 0 Å². The Morgan fingerprint density at radius 2 is 2.36 bits per heavy atom. The maximum Gasteiger partial charge on any atom is 0.110 e. The molecule has 0 saturated heterocycles. The van der Waals surface area contributed by atoms with E-state index in [4.69, 9.17) is 5.73 Å². The van der Waals surface area contributed by atoms with Crippen LogP contribution in [0.1, 0.15) is 20.3 Å². The molecule has 0 bridgehead atoms. The first-order valence-corrected chi connectivity index (χ1v) is 4.00. The van der Waals surface area contributed by atoms with Crippen LogP contribution >= 0.6 is 0 Å². The highest BCUT2D eigenvalue weighted by atomic mass is 16.3. The van der Waals surface area contributed by atoms with Crippen molar-refractivity contribution in [2.45, 2.75) is 32.4 Å². The van der Waals surface area contributed by atoms with Crippen LogP contribution in [0.25, 0.3) is 0 Å². The minimum absolute atomic E-state index is 0.0856. The zero-order valence-electron chi connectivity index (χ0n) is 7.12. The van der Waals surface area contributed by atoms with E-state index in [2.05, 4.69) is 18.7 Å². The Bertz CT molecular complexity index is 165. The zero-order valence-corrected chi connectivity index (χ0v) is 7.12. The fraction of sp³-hybridized carbons (Fsp3) is 0.750. The number of nitrogens with zero attached hydrogens (tertiary/aromatic N) is 1. The van der Waals surface area contributed by atoms with Gasteiger partial charge in [0, 0.05) is 31.2 Å². The van der Waals surface area contributed by atoms with Crippen molar-refractivity contribution in [1.82, 2.24) is 4.90 Å². The molecule has 11 heavy (non-hydrogen) atoms. The quantitative estimate of drug-likeness (QED) is 0.591. The van der Waals surface area contributed by atoms with Crippen LogP contribution in [-0.2, 0) is 0 Å². The molecule has 64 valence electrons. The highest BCUT2D eigenvalue weighted by Gasteiger charge is 2.17. The average Bonchev–Trinajstić information content (AvgIpc) is 1.85. The Hall–Kier alpha value is -0.700. The summed E-state index contributed by atoms with van der Waals surface area (Å²) in [6.07, 6.45) is 2.40. The van der Waals surface area contributed by atoms with E-state index in [1.807, 2.05) is 0 Å². The molecule has 3 nitrogen and oxygen atoms in total. The van der Waals surface area contributed by atoms with E-state index >= 15 is 0 Å². The van der Waals surface area contributed by atoms with Crippen LogP contribution in [0.5, 0.6) is 0 Å². The third-order valence-corrected chi connectivity index (χ3v) is 1.89. The van der Waals surface area contributed by atoms with E-state index in [1.165, 1.54) is 0 Å². The van der Waals surface area contributed by atoms with Crippen molar-refractivity contribution in [3.63, 3.8) is 0 Å². The Morgan fingerprint density at radius 3 is 2.82 bits per heavy atom. The van der Waals surface area contributed by atoms with Gasteiger partial charge < -0.3 is 15.7 Å². The fourth-order valence-electron chi connectivity index (χ4n) is 1.26. The predicted molar refractivity (Wildman–Crippen MR) is 45.1 cm³/mol. The molecule has 0 aromatic carbocycles. The minimum Gasteiger partial charge on any atom is -0.511 e. The van der Waals surface area contributed by atoms with Gasteiger partial charge in [-0.05, 0) is 13.8 Å². The molecule has 3 N–H and O–H groups in total. The number of rotatable bonds is 1. The molecule has 3 heteroatoms. The molecule has 1 atom stereocenters. The van der Waals surface area contributed by atoms with E-state index in [1.54, 1.807) is 6.20 Å². The van der Waals surface area contributed by atoms with Crippen LogP contribution in [0.4, 0.5) is 0 Å². The summed E-state index contributed by atoms with van der Waals surface area (Å²) < 4.78 is 0. The minimum atomic E-state index is 0.0856. The van der Waals surface area contributed by atoms with Gasteiger partial charge in [-0.2, -0.15) is 0 Å². The number of nitrogens with two attached hydrogens (primary N) is 1. The summed E-state index contributed by atoms with van der Waals surface area (Å²) in [4.78, 5) is 2.06. The molecule has 0 aromatic rings. The summed E-state index contributed by atoms with van der Waals surface area (Å²) in [6, 6.07) is 0.505. The van der Waals surface area contributed by atoms with Crippen LogP contribution in [0.3, 0.4) is 0 Å². The number of hydrogen-bond acceptors (Lipinski definition) is 3. The molecular formula is C8H16N2O. The summed E-state index contributed by atoms with van der Waals surface area (Å²) in [5.41, 5.74) is 5.71. The van der Waals surface area contributed by atoms with Gasteiger partial charge in [0.15, 0.2) is 0 Å².